The molecule has 0 saturated heterocycles. The van der Waals surface area contributed by atoms with Crippen molar-refractivity contribution in [3.8, 4) is 0 Å². The standard InChI is InChI=1S/C12H10BrNO3/c1-6(15)9-10-7(13)4-3-5-8(10)14(2)11(9)12(16)17/h3-5H,1-2H3,(H,16,17). The summed E-state index contributed by atoms with van der Waals surface area (Å²) in [4.78, 5) is 22.9. The molecule has 0 aliphatic rings. The third kappa shape index (κ3) is 1.67. The van der Waals surface area contributed by atoms with Crippen LogP contribution in [0.2, 0.25) is 0 Å². The highest BCUT2D eigenvalue weighted by Gasteiger charge is 2.24. The lowest BCUT2D eigenvalue weighted by Crippen LogP contribution is -2.09. The highest BCUT2D eigenvalue weighted by Crippen LogP contribution is 2.32. The van der Waals surface area contributed by atoms with Crippen LogP contribution < -0.4 is 0 Å². The fourth-order valence-electron chi connectivity index (χ4n) is 2.04. The van der Waals surface area contributed by atoms with Crippen molar-refractivity contribution >= 4 is 38.6 Å². The van der Waals surface area contributed by atoms with E-state index in [1.165, 1.54) is 11.5 Å². The number of halogens is 1. The van der Waals surface area contributed by atoms with E-state index in [-0.39, 0.29) is 17.0 Å². The molecule has 1 aromatic carbocycles. The zero-order valence-corrected chi connectivity index (χ0v) is 10.9. The molecule has 0 spiro atoms. The molecule has 0 aliphatic carbocycles. The summed E-state index contributed by atoms with van der Waals surface area (Å²) in [5, 5.41) is 9.85. The number of ketones is 1. The molecular formula is C12H10BrNO3. The van der Waals surface area contributed by atoms with Gasteiger partial charge in [-0.2, -0.15) is 0 Å². The van der Waals surface area contributed by atoms with Gasteiger partial charge >= 0.3 is 5.97 Å². The Labute approximate surface area is 106 Å². The maximum absolute atomic E-state index is 11.7. The predicted molar refractivity (Wildman–Crippen MR) is 67.6 cm³/mol. The lowest BCUT2D eigenvalue weighted by molar-refractivity contribution is 0.0682. The van der Waals surface area contributed by atoms with Crippen LogP contribution in [0.25, 0.3) is 10.9 Å². The average Bonchev–Trinajstić information content (AvgIpc) is 2.54. The van der Waals surface area contributed by atoms with Crippen molar-refractivity contribution in [2.45, 2.75) is 6.92 Å². The van der Waals surface area contributed by atoms with E-state index in [1.807, 2.05) is 6.07 Å². The Hall–Kier alpha value is -1.62. The van der Waals surface area contributed by atoms with E-state index in [0.717, 1.165) is 9.99 Å². The van der Waals surface area contributed by atoms with E-state index in [2.05, 4.69) is 15.9 Å². The second-order valence-corrected chi connectivity index (χ2v) is 4.63. The number of aromatic carboxylic acids is 1. The summed E-state index contributed by atoms with van der Waals surface area (Å²) in [6, 6.07) is 5.39. The number of rotatable bonds is 2. The number of hydrogen-bond acceptors (Lipinski definition) is 2. The van der Waals surface area contributed by atoms with Crippen molar-refractivity contribution in [3.63, 3.8) is 0 Å². The molecule has 0 aliphatic heterocycles. The minimum Gasteiger partial charge on any atom is -0.477 e. The molecule has 0 unspecified atom stereocenters. The number of hydrogen-bond donors (Lipinski definition) is 1. The SMILES string of the molecule is CC(=O)c1c(C(=O)O)n(C)c2cccc(Br)c12. The molecule has 0 amide bonds. The highest BCUT2D eigenvalue weighted by molar-refractivity contribution is 9.10. The minimum absolute atomic E-state index is 0.0272. The van der Waals surface area contributed by atoms with Crippen LogP contribution in [0.15, 0.2) is 22.7 Å². The molecule has 17 heavy (non-hydrogen) atoms. The highest BCUT2D eigenvalue weighted by atomic mass is 79.9. The van der Waals surface area contributed by atoms with Crippen molar-refractivity contribution in [3.05, 3.63) is 33.9 Å². The molecule has 4 nitrogen and oxygen atoms in total. The Balaban J connectivity index is 3.05. The third-order valence-corrected chi connectivity index (χ3v) is 3.39. The number of benzene rings is 1. The summed E-state index contributed by atoms with van der Waals surface area (Å²) in [5.41, 5.74) is 1.00. The van der Waals surface area contributed by atoms with Crippen LogP contribution in [0.4, 0.5) is 0 Å². The van der Waals surface area contributed by atoms with Crippen LogP contribution in [-0.4, -0.2) is 21.4 Å². The Morgan fingerprint density at radius 2 is 2.00 bits per heavy atom. The first-order valence-corrected chi connectivity index (χ1v) is 5.75. The summed E-state index contributed by atoms with van der Waals surface area (Å²) in [5.74, 6) is -1.35. The molecule has 0 atom stereocenters. The molecule has 1 heterocycles. The Morgan fingerprint density at radius 1 is 1.35 bits per heavy atom. The van der Waals surface area contributed by atoms with Gasteiger partial charge in [0, 0.05) is 16.9 Å². The van der Waals surface area contributed by atoms with Gasteiger partial charge in [0.15, 0.2) is 5.78 Å². The smallest absolute Gasteiger partial charge is 0.353 e. The molecule has 0 fully saturated rings. The third-order valence-electron chi connectivity index (χ3n) is 2.73. The number of carboxylic acids is 1. The van der Waals surface area contributed by atoms with Crippen LogP contribution in [-0.2, 0) is 7.05 Å². The maximum Gasteiger partial charge on any atom is 0.353 e. The number of carbonyl (C=O) groups excluding carboxylic acids is 1. The quantitative estimate of drug-likeness (QED) is 0.867. The van der Waals surface area contributed by atoms with Crippen molar-refractivity contribution in [2.24, 2.45) is 7.05 Å². The zero-order valence-electron chi connectivity index (χ0n) is 9.32. The monoisotopic (exact) mass is 295 g/mol. The average molecular weight is 296 g/mol. The van der Waals surface area contributed by atoms with E-state index in [0.29, 0.717) is 5.39 Å². The van der Waals surface area contributed by atoms with Crippen molar-refractivity contribution in [1.82, 2.24) is 4.57 Å². The first-order valence-electron chi connectivity index (χ1n) is 4.96. The van der Waals surface area contributed by atoms with Crippen LogP contribution in [0.5, 0.6) is 0 Å². The summed E-state index contributed by atoms with van der Waals surface area (Å²) in [6.07, 6.45) is 0. The largest absolute Gasteiger partial charge is 0.477 e. The van der Waals surface area contributed by atoms with Gasteiger partial charge in [0.2, 0.25) is 0 Å². The fourth-order valence-corrected chi connectivity index (χ4v) is 2.59. The summed E-state index contributed by atoms with van der Waals surface area (Å²) in [7, 11) is 1.64. The number of aromatic nitrogens is 1. The van der Waals surface area contributed by atoms with Gasteiger partial charge < -0.3 is 9.67 Å². The van der Waals surface area contributed by atoms with Gasteiger partial charge in [-0.15, -0.1) is 0 Å². The zero-order chi connectivity index (χ0) is 12.7. The van der Waals surface area contributed by atoms with Gasteiger partial charge in [0.1, 0.15) is 5.69 Å². The normalized spacial score (nSPS) is 10.8. The number of carbonyl (C=O) groups is 2. The van der Waals surface area contributed by atoms with Gasteiger partial charge in [-0.05, 0) is 19.1 Å². The van der Waals surface area contributed by atoms with Crippen molar-refractivity contribution in [1.29, 1.82) is 0 Å². The summed E-state index contributed by atoms with van der Waals surface area (Å²) >= 11 is 3.35. The molecule has 1 aromatic heterocycles. The summed E-state index contributed by atoms with van der Waals surface area (Å²) < 4.78 is 2.25. The van der Waals surface area contributed by atoms with Gasteiger partial charge in [-0.25, -0.2) is 4.79 Å². The van der Waals surface area contributed by atoms with E-state index in [4.69, 9.17) is 0 Å². The lowest BCUT2D eigenvalue weighted by atomic mass is 10.1. The van der Waals surface area contributed by atoms with E-state index in [9.17, 15) is 14.7 Å². The van der Waals surface area contributed by atoms with Gasteiger partial charge in [0.25, 0.3) is 0 Å². The van der Waals surface area contributed by atoms with E-state index < -0.39 is 5.97 Å². The molecular weight excluding hydrogens is 286 g/mol. The van der Waals surface area contributed by atoms with Crippen LogP contribution in [0.1, 0.15) is 27.8 Å². The molecule has 0 saturated carbocycles. The first-order chi connectivity index (χ1) is 7.95. The number of aryl methyl sites for hydroxylation is 1. The molecule has 0 radical (unpaired) electrons. The topological polar surface area (TPSA) is 59.3 Å². The van der Waals surface area contributed by atoms with Gasteiger partial charge in [-0.1, -0.05) is 22.0 Å². The number of fused-ring (bicyclic) bond motifs is 1. The van der Waals surface area contributed by atoms with Gasteiger partial charge in [-0.3, -0.25) is 4.79 Å². The second-order valence-electron chi connectivity index (χ2n) is 3.78. The molecule has 5 heteroatoms. The van der Waals surface area contributed by atoms with Crippen molar-refractivity contribution < 1.29 is 14.7 Å². The minimum atomic E-state index is -1.10. The van der Waals surface area contributed by atoms with Crippen molar-refractivity contribution in [2.75, 3.05) is 0 Å². The fraction of sp³-hybridized carbons (Fsp3) is 0.167. The molecule has 2 rings (SSSR count). The van der Waals surface area contributed by atoms with Crippen LogP contribution in [0.3, 0.4) is 0 Å². The van der Waals surface area contributed by atoms with Crippen LogP contribution in [0, 0.1) is 0 Å². The molecule has 1 N–H and O–H groups in total. The lowest BCUT2D eigenvalue weighted by Gasteiger charge is -1.99. The van der Waals surface area contributed by atoms with E-state index in [1.54, 1.807) is 19.2 Å². The molecule has 0 bridgehead atoms. The Morgan fingerprint density at radius 3 is 2.53 bits per heavy atom. The Kier molecular flexibility index (Phi) is 2.79. The molecule has 2 aromatic rings. The van der Waals surface area contributed by atoms with Gasteiger partial charge in [0.05, 0.1) is 11.1 Å². The van der Waals surface area contributed by atoms with Crippen LogP contribution >= 0.6 is 15.9 Å². The first kappa shape index (κ1) is 11.9. The number of carboxylic acid groups (broad SMARTS) is 1. The number of Topliss-reactive ketones (excluding diaryl/α,β-unsaturated/α-hetero) is 1. The predicted octanol–water partition coefficient (Wildman–Crippen LogP) is 2.84. The number of nitrogens with zero attached hydrogens (tertiary/aromatic N) is 1. The Bertz CT molecular complexity index is 643. The summed E-state index contributed by atoms with van der Waals surface area (Å²) in [6.45, 7) is 1.38. The maximum atomic E-state index is 11.7. The second kappa shape index (κ2) is 4.00. The molecule has 88 valence electrons. The van der Waals surface area contributed by atoms with E-state index >= 15 is 0 Å².